The molecule has 2 rings (SSSR count). The van der Waals surface area contributed by atoms with E-state index in [1.54, 1.807) is 0 Å². The SMILES string of the molecule is Cc1cccc(C(=O)NCCc2cc(C)on2)c1. The lowest BCUT2D eigenvalue weighted by molar-refractivity contribution is 0.0954. The summed E-state index contributed by atoms with van der Waals surface area (Å²) in [7, 11) is 0. The molecular weight excluding hydrogens is 228 g/mol. The molecule has 0 aliphatic heterocycles. The standard InChI is InChI=1S/C14H16N2O2/c1-10-4-3-5-12(8-10)14(17)15-7-6-13-9-11(2)18-16-13/h3-5,8-9H,6-7H2,1-2H3,(H,15,17). The zero-order chi connectivity index (χ0) is 13.0. The van der Waals surface area contributed by atoms with Crippen molar-refractivity contribution in [1.29, 1.82) is 0 Å². The third kappa shape index (κ3) is 3.20. The highest BCUT2D eigenvalue weighted by atomic mass is 16.5. The van der Waals surface area contributed by atoms with Gasteiger partial charge in [-0.1, -0.05) is 22.9 Å². The molecule has 0 saturated carbocycles. The summed E-state index contributed by atoms with van der Waals surface area (Å²) in [6.45, 7) is 4.37. The van der Waals surface area contributed by atoms with E-state index in [1.807, 2.05) is 44.2 Å². The second-order valence-corrected chi connectivity index (χ2v) is 4.30. The van der Waals surface area contributed by atoms with Gasteiger partial charge in [-0.3, -0.25) is 4.79 Å². The first kappa shape index (κ1) is 12.4. The van der Waals surface area contributed by atoms with E-state index in [9.17, 15) is 4.79 Å². The molecule has 0 bridgehead atoms. The third-order valence-electron chi connectivity index (χ3n) is 2.62. The maximum Gasteiger partial charge on any atom is 0.251 e. The van der Waals surface area contributed by atoms with Crippen molar-refractivity contribution in [1.82, 2.24) is 10.5 Å². The number of nitrogens with one attached hydrogen (secondary N) is 1. The van der Waals surface area contributed by atoms with Crippen molar-refractivity contribution in [2.24, 2.45) is 0 Å². The molecule has 0 aliphatic carbocycles. The summed E-state index contributed by atoms with van der Waals surface area (Å²) in [5.41, 5.74) is 2.62. The number of hydrogen-bond acceptors (Lipinski definition) is 3. The van der Waals surface area contributed by atoms with Crippen molar-refractivity contribution < 1.29 is 9.32 Å². The summed E-state index contributed by atoms with van der Waals surface area (Å²) in [6, 6.07) is 9.40. The van der Waals surface area contributed by atoms with Gasteiger partial charge in [0, 0.05) is 24.6 Å². The van der Waals surface area contributed by atoms with E-state index in [0.29, 0.717) is 18.5 Å². The number of aryl methyl sites for hydroxylation is 2. The Bertz CT molecular complexity index is 546. The van der Waals surface area contributed by atoms with E-state index >= 15 is 0 Å². The highest BCUT2D eigenvalue weighted by Gasteiger charge is 2.05. The Labute approximate surface area is 106 Å². The van der Waals surface area contributed by atoms with Gasteiger partial charge in [0.2, 0.25) is 0 Å². The fourth-order valence-corrected chi connectivity index (χ4v) is 1.73. The molecule has 0 fully saturated rings. The van der Waals surface area contributed by atoms with Crippen molar-refractivity contribution >= 4 is 5.91 Å². The first-order valence-corrected chi connectivity index (χ1v) is 5.92. The molecule has 0 atom stereocenters. The van der Waals surface area contributed by atoms with Gasteiger partial charge < -0.3 is 9.84 Å². The van der Waals surface area contributed by atoms with Crippen molar-refractivity contribution in [2.75, 3.05) is 6.54 Å². The Morgan fingerprint density at radius 3 is 2.83 bits per heavy atom. The van der Waals surface area contributed by atoms with Crippen LogP contribution < -0.4 is 5.32 Å². The van der Waals surface area contributed by atoms with Gasteiger partial charge in [-0.15, -0.1) is 0 Å². The largest absolute Gasteiger partial charge is 0.361 e. The van der Waals surface area contributed by atoms with Gasteiger partial charge in [0.25, 0.3) is 5.91 Å². The Balaban J connectivity index is 1.85. The molecule has 4 heteroatoms. The lowest BCUT2D eigenvalue weighted by Crippen LogP contribution is -2.25. The van der Waals surface area contributed by atoms with Gasteiger partial charge in [-0.05, 0) is 26.0 Å². The maximum absolute atomic E-state index is 11.8. The molecule has 0 aliphatic rings. The average molecular weight is 244 g/mol. The highest BCUT2D eigenvalue weighted by Crippen LogP contribution is 2.04. The molecule has 94 valence electrons. The molecule has 0 radical (unpaired) electrons. The molecule has 1 aromatic heterocycles. The monoisotopic (exact) mass is 244 g/mol. The molecule has 1 aromatic carbocycles. The van der Waals surface area contributed by atoms with Crippen LogP contribution in [0.15, 0.2) is 34.9 Å². The molecule has 4 nitrogen and oxygen atoms in total. The molecule has 1 amide bonds. The minimum Gasteiger partial charge on any atom is -0.361 e. The van der Waals surface area contributed by atoms with Crippen LogP contribution in [0.1, 0.15) is 27.4 Å². The van der Waals surface area contributed by atoms with Crippen LogP contribution >= 0.6 is 0 Å². The predicted molar refractivity (Wildman–Crippen MR) is 68.5 cm³/mol. The number of benzene rings is 1. The number of aromatic nitrogens is 1. The van der Waals surface area contributed by atoms with E-state index in [4.69, 9.17) is 4.52 Å². The molecule has 0 spiro atoms. The minimum atomic E-state index is -0.0566. The van der Waals surface area contributed by atoms with Gasteiger partial charge in [0.05, 0.1) is 5.69 Å². The van der Waals surface area contributed by atoms with Crippen LogP contribution in [-0.4, -0.2) is 17.6 Å². The van der Waals surface area contributed by atoms with Gasteiger partial charge in [-0.25, -0.2) is 0 Å². The quantitative estimate of drug-likeness (QED) is 0.897. The van der Waals surface area contributed by atoms with E-state index < -0.39 is 0 Å². The first-order chi connectivity index (χ1) is 8.65. The maximum atomic E-state index is 11.8. The molecular formula is C14H16N2O2. The summed E-state index contributed by atoms with van der Waals surface area (Å²) in [5.74, 6) is 0.730. The fraction of sp³-hybridized carbons (Fsp3) is 0.286. The van der Waals surface area contributed by atoms with Gasteiger partial charge in [-0.2, -0.15) is 0 Å². The van der Waals surface area contributed by atoms with Crippen molar-refractivity contribution in [3.8, 4) is 0 Å². The van der Waals surface area contributed by atoms with Crippen LogP contribution in [0.25, 0.3) is 0 Å². The Kier molecular flexibility index (Phi) is 3.77. The molecule has 2 aromatic rings. The number of carbonyl (C=O) groups excluding carboxylic acids is 1. The van der Waals surface area contributed by atoms with Crippen LogP contribution in [0.4, 0.5) is 0 Å². The first-order valence-electron chi connectivity index (χ1n) is 5.92. The summed E-state index contributed by atoms with van der Waals surface area (Å²) < 4.78 is 4.96. The van der Waals surface area contributed by atoms with E-state index in [0.717, 1.165) is 17.0 Å². The second kappa shape index (κ2) is 5.49. The highest BCUT2D eigenvalue weighted by molar-refractivity contribution is 5.94. The van der Waals surface area contributed by atoms with Gasteiger partial charge >= 0.3 is 0 Å². The van der Waals surface area contributed by atoms with Crippen molar-refractivity contribution in [3.63, 3.8) is 0 Å². The number of carbonyl (C=O) groups is 1. The molecule has 0 saturated heterocycles. The van der Waals surface area contributed by atoms with Crippen LogP contribution in [0, 0.1) is 13.8 Å². The Morgan fingerprint density at radius 2 is 2.17 bits per heavy atom. The zero-order valence-electron chi connectivity index (χ0n) is 10.6. The van der Waals surface area contributed by atoms with Crippen LogP contribution in [0.5, 0.6) is 0 Å². The zero-order valence-corrected chi connectivity index (χ0v) is 10.6. The summed E-state index contributed by atoms with van der Waals surface area (Å²) in [4.78, 5) is 11.8. The molecule has 18 heavy (non-hydrogen) atoms. The Hall–Kier alpha value is -2.10. The van der Waals surface area contributed by atoms with Gasteiger partial charge in [0.15, 0.2) is 0 Å². The van der Waals surface area contributed by atoms with Crippen molar-refractivity contribution in [2.45, 2.75) is 20.3 Å². The lowest BCUT2D eigenvalue weighted by atomic mass is 10.1. The summed E-state index contributed by atoms with van der Waals surface area (Å²) >= 11 is 0. The second-order valence-electron chi connectivity index (χ2n) is 4.30. The topological polar surface area (TPSA) is 55.1 Å². The van der Waals surface area contributed by atoms with E-state index in [1.165, 1.54) is 0 Å². The summed E-state index contributed by atoms with van der Waals surface area (Å²) in [6.07, 6.45) is 0.675. The van der Waals surface area contributed by atoms with Crippen molar-refractivity contribution in [3.05, 3.63) is 52.9 Å². The smallest absolute Gasteiger partial charge is 0.251 e. The Morgan fingerprint density at radius 1 is 1.33 bits per heavy atom. The number of rotatable bonds is 4. The average Bonchev–Trinajstić information content (AvgIpc) is 2.75. The molecule has 1 N–H and O–H groups in total. The van der Waals surface area contributed by atoms with E-state index in [-0.39, 0.29) is 5.91 Å². The predicted octanol–water partition coefficient (Wildman–Crippen LogP) is 2.26. The summed E-state index contributed by atoms with van der Waals surface area (Å²) in [5, 5.41) is 6.74. The lowest BCUT2D eigenvalue weighted by Gasteiger charge is -2.04. The van der Waals surface area contributed by atoms with Crippen LogP contribution in [0.2, 0.25) is 0 Å². The van der Waals surface area contributed by atoms with Crippen LogP contribution in [0.3, 0.4) is 0 Å². The normalized spacial score (nSPS) is 10.3. The minimum absolute atomic E-state index is 0.0566. The number of nitrogens with zero attached hydrogens (tertiary/aromatic N) is 1. The number of amides is 1. The number of hydrogen-bond donors (Lipinski definition) is 1. The molecule has 0 unspecified atom stereocenters. The van der Waals surface area contributed by atoms with Crippen LogP contribution in [-0.2, 0) is 6.42 Å². The third-order valence-corrected chi connectivity index (χ3v) is 2.62. The van der Waals surface area contributed by atoms with Gasteiger partial charge in [0.1, 0.15) is 5.76 Å². The van der Waals surface area contributed by atoms with E-state index in [2.05, 4.69) is 10.5 Å². The fourth-order valence-electron chi connectivity index (χ4n) is 1.73. The molecule has 1 heterocycles.